The lowest BCUT2D eigenvalue weighted by Gasteiger charge is -2.23. The number of aryl methyl sites for hydroxylation is 1. The van der Waals surface area contributed by atoms with Crippen molar-refractivity contribution in [1.82, 2.24) is 15.8 Å². The summed E-state index contributed by atoms with van der Waals surface area (Å²) in [5, 5.41) is 22.8. The molecule has 2 aromatic rings. The van der Waals surface area contributed by atoms with Gasteiger partial charge in [-0.1, -0.05) is 18.1 Å². The van der Waals surface area contributed by atoms with Crippen molar-refractivity contribution >= 4 is 17.3 Å². The van der Waals surface area contributed by atoms with Crippen molar-refractivity contribution in [3.05, 3.63) is 39.9 Å². The highest BCUT2D eigenvalue weighted by Crippen LogP contribution is 2.24. The first-order valence-corrected chi connectivity index (χ1v) is 8.66. The zero-order chi connectivity index (χ0) is 16.7. The van der Waals surface area contributed by atoms with Crippen LogP contribution in [0.4, 0.5) is 0 Å². The standard InChI is InChI=1S/C16H24N4O2S/c1-4-12-9-13(22-20-12)10-18-15(17-5-2)19-11-16(3,21)14-7-6-8-23-14/h6-9,21H,4-5,10-11H2,1-3H3,(H2,17,18,19). The van der Waals surface area contributed by atoms with Crippen molar-refractivity contribution in [3.8, 4) is 0 Å². The van der Waals surface area contributed by atoms with Crippen molar-refractivity contribution in [3.63, 3.8) is 0 Å². The molecule has 0 saturated carbocycles. The Morgan fingerprint density at radius 2 is 2.26 bits per heavy atom. The van der Waals surface area contributed by atoms with Crippen LogP contribution in [0.3, 0.4) is 0 Å². The van der Waals surface area contributed by atoms with Crippen LogP contribution in [0.15, 0.2) is 33.1 Å². The summed E-state index contributed by atoms with van der Waals surface area (Å²) >= 11 is 1.54. The van der Waals surface area contributed by atoms with Crippen LogP contribution >= 0.6 is 11.3 Å². The molecule has 0 aliphatic heterocycles. The number of guanidine groups is 1. The molecule has 0 spiro atoms. The predicted octanol–water partition coefficient (Wildman–Crippen LogP) is 2.26. The first kappa shape index (κ1) is 17.5. The van der Waals surface area contributed by atoms with E-state index in [4.69, 9.17) is 4.52 Å². The topological polar surface area (TPSA) is 82.7 Å². The summed E-state index contributed by atoms with van der Waals surface area (Å²) in [6, 6.07) is 5.77. The highest BCUT2D eigenvalue weighted by atomic mass is 32.1. The Morgan fingerprint density at radius 1 is 1.43 bits per heavy atom. The zero-order valence-corrected chi connectivity index (χ0v) is 14.6. The van der Waals surface area contributed by atoms with Crippen molar-refractivity contribution in [2.24, 2.45) is 4.99 Å². The van der Waals surface area contributed by atoms with Crippen LogP contribution in [0.2, 0.25) is 0 Å². The third-order valence-electron chi connectivity index (χ3n) is 3.36. The van der Waals surface area contributed by atoms with Gasteiger partial charge < -0.3 is 20.3 Å². The molecule has 2 aromatic heterocycles. The molecular weight excluding hydrogens is 312 g/mol. The first-order valence-electron chi connectivity index (χ1n) is 7.78. The summed E-state index contributed by atoms with van der Waals surface area (Å²) in [6.07, 6.45) is 0.842. The smallest absolute Gasteiger partial charge is 0.191 e. The average molecular weight is 336 g/mol. The van der Waals surface area contributed by atoms with E-state index in [1.807, 2.05) is 37.4 Å². The maximum Gasteiger partial charge on any atom is 0.191 e. The Labute approximate surface area is 140 Å². The van der Waals surface area contributed by atoms with Gasteiger partial charge in [0.25, 0.3) is 0 Å². The number of thiophene rings is 1. The van der Waals surface area contributed by atoms with Gasteiger partial charge in [-0.25, -0.2) is 4.99 Å². The molecule has 23 heavy (non-hydrogen) atoms. The third kappa shape index (κ3) is 5.07. The summed E-state index contributed by atoms with van der Waals surface area (Å²) in [5.74, 6) is 1.36. The largest absolute Gasteiger partial charge is 0.383 e. The van der Waals surface area contributed by atoms with Crippen molar-refractivity contribution in [2.45, 2.75) is 39.3 Å². The molecule has 0 radical (unpaired) electrons. The molecule has 0 fully saturated rings. The minimum atomic E-state index is -0.939. The second-order valence-corrected chi connectivity index (χ2v) is 6.39. The van der Waals surface area contributed by atoms with Crippen LogP contribution in [0.25, 0.3) is 0 Å². The Morgan fingerprint density at radius 3 is 2.87 bits per heavy atom. The molecule has 0 aromatic carbocycles. The zero-order valence-electron chi connectivity index (χ0n) is 13.8. The Bertz CT molecular complexity index is 620. The van der Waals surface area contributed by atoms with Crippen LogP contribution in [0.5, 0.6) is 0 Å². The summed E-state index contributed by atoms with van der Waals surface area (Å²) < 4.78 is 5.23. The number of hydrogen-bond acceptors (Lipinski definition) is 5. The second-order valence-electron chi connectivity index (χ2n) is 5.44. The van der Waals surface area contributed by atoms with Crippen molar-refractivity contribution in [1.29, 1.82) is 0 Å². The van der Waals surface area contributed by atoms with E-state index in [0.717, 1.165) is 29.3 Å². The van der Waals surface area contributed by atoms with E-state index in [-0.39, 0.29) is 0 Å². The molecule has 3 N–H and O–H groups in total. The van der Waals surface area contributed by atoms with Gasteiger partial charge in [-0.3, -0.25) is 0 Å². The maximum atomic E-state index is 10.5. The van der Waals surface area contributed by atoms with Crippen LogP contribution in [0.1, 0.15) is 37.1 Å². The van der Waals surface area contributed by atoms with Crippen molar-refractivity contribution in [2.75, 3.05) is 13.1 Å². The molecule has 1 unspecified atom stereocenters. The van der Waals surface area contributed by atoms with Gasteiger partial charge in [0.15, 0.2) is 11.7 Å². The molecule has 7 heteroatoms. The molecule has 2 rings (SSSR count). The number of nitrogens with zero attached hydrogens (tertiary/aromatic N) is 2. The fourth-order valence-corrected chi connectivity index (χ4v) is 2.81. The minimum absolute atomic E-state index is 0.371. The van der Waals surface area contributed by atoms with E-state index in [0.29, 0.717) is 19.0 Å². The fourth-order valence-electron chi connectivity index (χ4n) is 2.02. The van der Waals surface area contributed by atoms with Crippen LogP contribution in [0, 0.1) is 0 Å². The van der Waals surface area contributed by atoms with Gasteiger partial charge >= 0.3 is 0 Å². The number of hydrogen-bond donors (Lipinski definition) is 3. The molecule has 2 heterocycles. The Balaban J connectivity index is 1.96. The van der Waals surface area contributed by atoms with E-state index < -0.39 is 5.60 Å². The Hall–Kier alpha value is -1.86. The highest BCUT2D eigenvalue weighted by molar-refractivity contribution is 7.10. The van der Waals surface area contributed by atoms with Gasteiger partial charge in [0.1, 0.15) is 12.1 Å². The van der Waals surface area contributed by atoms with Gasteiger partial charge in [-0.2, -0.15) is 0 Å². The summed E-state index contributed by atoms with van der Waals surface area (Å²) in [6.45, 7) is 7.34. The van der Waals surface area contributed by atoms with E-state index in [1.54, 1.807) is 6.92 Å². The van der Waals surface area contributed by atoms with Gasteiger partial charge in [-0.15, -0.1) is 11.3 Å². The molecular formula is C16H24N4O2S. The highest BCUT2D eigenvalue weighted by Gasteiger charge is 2.24. The summed E-state index contributed by atoms with van der Waals surface area (Å²) in [7, 11) is 0. The quantitative estimate of drug-likeness (QED) is 0.534. The van der Waals surface area contributed by atoms with E-state index in [1.165, 1.54) is 11.3 Å². The first-order chi connectivity index (χ1) is 11.0. The third-order valence-corrected chi connectivity index (χ3v) is 4.48. The summed E-state index contributed by atoms with van der Waals surface area (Å²) in [5.41, 5.74) is -0.0137. The normalized spacial score (nSPS) is 14.5. The van der Waals surface area contributed by atoms with Crippen molar-refractivity contribution < 1.29 is 9.63 Å². The number of aliphatic hydroxyl groups is 1. The molecule has 6 nitrogen and oxygen atoms in total. The molecule has 0 bridgehead atoms. The molecule has 126 valence electrons. The average Bonchev–Trinajstić information content (AvgIpc) is 3.21. The van der Waals surface area contributed by atoms with Gasteiger partial charge in [-0.05, 0) is 31.7 Å². The fraction of sp³-hybridized carbons (Fsp3) is 0.500. The SMILES string of the molecule is CCNC(=NCc1cc(CC)no1)NCC(C)(O)c1cccs1. The number of nitrogens with one attached hydrogen (secondary N) is 2. The molecule has 0 saturated heterocycles. The lowest BCUT2D eigenvalue weighted by atomic mass is 10.1. The minimum Gasteiger partial charge on any atom is -0.383 e. The van der Waals surface area contributed by atoms with Gasteiger partial charge in [0, 0.05) is 17.5 Å². The number of aromatic nitrogens is 1. The molecule has 0 amide bonds. The van der Waals surface area contributed by atoms with Gasteiger partial charge in [0.05, 0.1) is 12.2 Å². The van der Waals surface area contributed by atoms with Crippen LogP contribution < -0.4 is 10.6 Å². The number of rotatable bonds is 7. The second kappa shape index (κ2) is 8.12. The molecule has 0 aliphatic rings. The van der Waals surface area contributed by atoms with Crippen LogP contribution in [-0.4, -0.2) is 29.3 Å². The van der Waals surface area contributed by atoms with E-state index in [9.17, 15) is 5.11 Å². The van der Waals surface area contributed by atoms with E-state index in [2.05, 4.69) is 20.8 Å². The summed E-state index contributed by atoms with van der Waals surface area (Å²) in [4.78, 5) is 5.39. The lowest BCUT2D eigenvalue weighted by molar-refractivity contribution is 0.0655. The predicted molar refractivity (Wildman–Crippen MR) is 92.6 cm³/mol. The Kier molecular flexibility index (Phi) is 6.18. The molecule has 0 aliphatic carbocycles. The monoisotopic (exact) mass is 336 g/mol. The molecule has 1 atom stereocenters. The van der Waals surface area contributed by atoms with Gasteiger partial charge in [0.2, 0.25) is 0 Å². The number of aliphatic imine (C=N–C) groups is 1. The van der Waals surface area contributed by atoms with E-state index >= 15 is 0 Å². The maximum absolute atomic E-state index is 10.5. The van der Waals surface area contributed by atoms with Crippen LogP contribution in [-0.2, 0) is 18.6 Å². The lowest BCUT2D eigenvalue weighted by Crippen LogP contribution is -2.44.